The lowest BCUT2D eigenvalue weighted by molar-refractivity contribution is -0.132. The number of esters is 1. The molecule has 0 N–H and O–H groups in total. The normalized spacial score (nSPS) is 29.1. The Morgan fingerprint density at radius 2 is 2.40 bits per heavy atom. The second-order valence-corrected chi connectivity index (χ2v) is 5.87. The fourth-order valence-corrected chi connectivity index (χ4v) is 4.07. The first-order valence-corrected chi connectivity index (χ1v) is 7.22. The van der Waals surface area contributed by atoms with Crippen molar-refractivity contribution in [2.75, 3.05) is 18.7 Å². The Morgan fingerprint density at radius 1 is 1.55 bits per heavy atom. The number of methoxy groups -OCH3 is 1. The van der Waals surface area contributed by atoms with E-state index in [-0.39, 0.29) is 11.2 Å². The van der Waals surface area contributed by atoms with Gasteiger partial charge < -0.3 is 9.47 Å². The van der Waals surface area contributed by atoms with Crippen molar-refractivity contribution in [1.29, 1.82) is 0 Å². The van der Waals surface area contributed by atoms with Gasteiger partial charge in [-0.15, -0.1) is 11.8 Å². The van der Waals surface area contributed by atoms with Gasteiger partial charge >= 0.3 is 5.97 Å². The molecular formula is C14H12N2O3S. The van der Waals surface area contributed by atoms with Gasteiger partial charge in [0, 0.05) is 0 Å². The molecule has 102 valence electrons. The van der Waals surface area contributed by atoms with Gasteiger partial charge in [0.05, 0.1) is 12.4 Å². The minimum atomic E-state index is -0.414. The van der Waals surface area contributed by atoms with Crippen molar-refractivity contribution < 1.29 is 14.3 Å². The molecule has 3 aliphatic rings. The summed E-state index contributed by atoms with van der Waals surface area (Å²) < 4.78 is 10.7. The van der Waals surface area contributed by atoms with Gasteiger partial charge in [0.1, 0.15) is 23.6 Å². The van der Waals surface area contributed by atoms with Crippen molar-refractivity contribution in [3.63, 3.8) is 0 Å². The first kappa shape index (κ1) is 11.8. The van der Waals surface area contributed by atoms with E-state index in [0.717, 1.165) is 11.4 Å². The molecule has 4 rings (SSSR count). The molecule has 6 heteroatoms. The fourth-order valence-electron chi connectivity index (χ4n) is 2.84. The highest BCUT2D eigenvalue weighted by Gasteiger charge is 2.57. The third-order valence-electron chi connectivity index (χ3n) is 3.82. The molecule has 0 unspecified atom stereocenters. The van der Waals surface area contributed by atoms with Crippen molar-refractivity contribution in [2.45, 2.75) is 10.8 Å². The Labute approximate surface area is 120 Å². The monoisotopic (exact) mass is 288 g/mol. The van der Waals surface area contributed by atoms with Crippen LogP contribution < -0.4 is 9.75 Å². The number of ether oxygens (including phenoxy) is 2. The second kappa shape index (κ2) is 4.02. The van der Waals surface area contributed by atoms with E-state index in [2.05, 4.69) is 11.2 Å². The molecule has 3 aliphatic heterocycles. The van der Waals surface area contributed by atoms with Gasteiger partial charge in [0.25, 0.3) is 0 Å². The number of hydrogen-bond donors (Lipinski definition) is 0. The molecule has 1 spiro atoms. The maximum atomic E-state index is 11.9. The number of thioether (sulfide) groups is 1. The number of benzene rings is 1. The number of fused-ring (bicyclic) bond motifs is 2. The van der Waals surface area contributed by atoms with Crippen LogP contribution in [0.5, 0.6) is 5.75 Å². The molecule has 0 aromatic heterocycles. The van der Waals surface area contributed by atoms with Crippen LogP contribution in [0.2, 0.25) is 0 Å². The largest absolute Gasteiger partial charge is 0.488 e. The molecule has 5 nitrogen and oxygen atoms in total. The first-order valence-electron chi connectivity index (χ1n) is 6.28. The smallest absolute Gasteiger partial charge is 0.355 e. The molecule has 0 fully saturated rings. The van der Waals surface area contributed by atoms with Crippen LogP contribution in [0, 0.1) is 0 Å². The average Bonchev–Trinajstić information content (AvgIpc) is 3.02. The summed E-state index contributed by atoms with van der Waals surface area (Å²) >= 11 is 1.58. The van der Waals surface area contributed by atoms with Crippen LogP contribution >= 0.6 is 11.8 Å². The third kappa shape index (κ3) is 1.34. The maximum absolute atomic E-state index is 11.9. The summed E-state index contributed by atoms with van der Waals surface area (Å²) in [6.07, 6.45) is 2.07. The molecule has 0 saturated carbocycles. The fraction of sp³-hybridized carbons (Fsp3) is 0.286. The lowest BCUT2D eigenvalue weighted by Gasteiger charge is -2.40. The molecule has 2 atom stereocenters. The summed E-state index contributed by atoms with van der Waals surface area (Å²) in [5, 5.41) is 8.35. The van der Waals surface area contributed by atoms with Crippen LogP contribution in [0.1, 0.15) is 0 Å². The Hall–Kier alpha value is -1.95. The zero-order chi connectivity index (χ0) is 13.7. The summed E-state index contributed by atoms with van der Waals surface area (Å²) in [6.45, 7) is 0.474. The summed E-state index contributed by atoms with van der Waals surface area (Å²) in [5.74, 6) is 0.412. The second-order valence-electron chi connectivity index (χ2n) is 4.86. The number of anilines is 1. The van der Waals surface area contributed by atoms with Gasteiger partial charge in [0.2, 0.25) is 0 Å². The number of rotatable bonds is 1. The highest BCUT2D eigenvalue weighted by Crippen LogP contribution is 2.50. The van der Waals surface area contributed by atoms with E-state index in [9.17, 15) is 4.79 Å². The highest BCUT2D eigenvalue weighted by molar-refractivity contribution is 8.03. The SMILES string of the molecule is COC(=O)C1=NN2c3ccccc3OC[C@]23C=CS[C@H]13. The predicted molar refractivity (Wildman–Crippen MR) is 77.1 cm³/mol. The number of para-hydroxylation sites is 2. The topological polar surface area (TPSA) is 51.1 Å². The Kier molecular flexibility index (Phi) is 2.38. The molecule has 0 amide bonds. The standard InChI is InChI=1S/C14H12N2O3S/c1-18-13(17)11-12-14(6-7-20-12)8-19-10-5-3-2-4-9(10)16(14)15-11/h2-7,12H,8H2,1H3/t12-,14+/m1/s1. The van der Waals surface area contributed by atoms with E-state index in [4.69, 9.17) is 9.47 Å². The zero-order valence-corrected chi connectivity index (χ0v) is 11.6. The van der Waals surface area contributed by atoms with E-state index in [1.54, 1.807) is 11.8 Å². The Bertz CT molecular complexity index is 658. The van der Waals surface area contributed by atoms with Crippen LogP contribution in [0.4, 0.5) is 5.69 Å². The molecule has 0 saturated heterocycles. The van der Waals surface area contributed by atoms with E-state index in [1.807, 2.05) is 34.7 Å². The Balaban J connectivity index is 1.87. The third-order valence-corrected chi connectivity index (χ3v) is 5.02. The van der Waals surface area contributed by atoms with Crippen LogP contribution in [-0.4, -0.2) is 36.2 Å². The molecule has 1 aromatic rings. The average molecular weight is 288 g/mol. The number of carbonyl (C=O) groups is 1. The van der Waals surface area contributed by atoms with Gasteiger partial charge in [-0.2, -0.15) is 5.10 Å². The molecule has 0 bridgehead atoms. The predicted octanol–water partition coefficient (Wildman–Crippen LogP) is 1.80. The van der Waals surface area contributed by atoms with Gasteiger partial charge in [-0.25, -0.2) is 9.80 Å². The van der Waals surface area contributed by atoms with Gasteiger partial charge in [-0.3, -0.25) is 0 Å². The molecule has 0 aliphatic carbocycles. The van der Waals surface area contributed by atoms with Crippen LogP contribution in [0.3, 0.4) is 0 Å². The van der Waals surface area contributed by atoms with Gasteiger partial charge in [0.15, 0.2) is 5.71 Å². The van der Waals surface area contributed by atoms with Crippen molar-refractivity contribution >= 4 is 29.1 Å². The van der Waals surface area contributed by atoms with E-state index >= 15 is 0 Å². The summed E-state index contributed by atoms with van der Waals surface area (Å²) in [5.41, 5.74) is 0.917. The molecule has 0 radical (unpaired) electrons. The highest BCUT2D eigenvalue weighted by atomic mass is 32.2. The zero-order valence-electron chi connectivity index (χ0n) is 10.8. The molecule has 3 heterocycles. The van der Waals surface area contributed by atoms with Gasteiger partial charge in [-0.05, 0) is 23.6 Å². The summed E-state index contributed by atoms with van der Waals surface area (Å²) in [4.78, 5) is 11.9. The molecular weight excluding hydrogens is 276 g/mol. The lowest BCUT2D eigenvalue weighted by atomic mass is 9.92. The number of carbonyl (C=O) groups excluding carboxylic acids is 1. The molecule has 20 heavy (non-hydrogen) atoms. The quantitative estimate of drug-likeness (QED) is 0.738. The lowest BCUT2D eigenvalue weighted by Crippen LogP contribution is -2.54. The van der Waals surface area contributed by atoms with Gasteiger partial charge in [-0.1, -0.05) is 12.1 Å². The van der Waals surface area contributed by atoms with Crippen molar-refractivity contribution in [1.82, 2.24) is 0 Å². The van der Waals surface area contributed by atoms with Crippen LogP contribution in [0.25, 0.3) is 0 Å². The summed E-state index contributed by atoms with van der Waals surface area (Å²) in [6, 6.07) is 7.73. The van der Waals surface area contributed by atoms with Crippen LogP contribution in [0.15, 0.2) is 40.9 Å². The minimum absolute atomic E-state index is 0.0803. The molecule has 1 aromatic carbocycles. The number of hydrogen-bond acceptors (Lipinski definition) is 6. The van der Waals surface area contributed by atoms with E-state index in [1.165, 1.54) is 7.11 Å². The first-order chi connectivity index (χ1) is 9.76. The van der Waals surface area contributed by atoms with Crippen LogP contribution in [-0.2, 0) is 9.53 Å². The number of hydrazone groups is 1. The van der Waals surface area contributed by atoms with Crippen molar-refractivity contribution in [3.05, 3.63) is 35.7 Å². The van der Waals surface area contributed by atoms with Crippen molar-refractivity contribution in [2.24, 2.45) is 5.10 Å². The minimum Gasteiger partial charge on any atom is -0.488 e. The number of nitrogens with zero attached hydrogens (tertiary/aromatic N) is 2. The maximum Gasteiger partial charge on any atom is 0.355 e. The summed E-state index contributed by atoms with van der Waals surface area (Å²) in [7, 11) is 1.38. The van der Waals surface area contributed by atoms with Crippen molar-refractivity contribution in [3.8, 4) is 5.75 Å². The van der Waals surface area contributed by atoms with E-state index < -0.39 is 5.54 Å². The Morgan fingerprint density at radius 3 is 3.25 bits per heavy atom. The van der Waals surface area contributed by atoms with E-state index in [0.29, 0.717) is 12.3 Å².